The number of fused-ring (bicyclic) bond motifs is 1. The predicted molar refractivity (Wildman–Crippen MR) is 176 cm³/mol. The summed E-state index contributed by atoms with van der Waals surface area (Å²) in [5.74, 6) is 0.291. The van der Waals surface area contributed by atoms with Crippen molar-refractivity contribution in [1.29, 1.82) is 0 Å². The van der Waals surface area contributed by atoms with E-state index in [0.29, 0.717) is 5.88 Å². The Hall–Kier alpha value is -4.85. The average Bonchev–Trinajstić information content (AvgIpc) is 3.42. The normalized spacial score (nSPS) is 12.2. The number of nitrogens with one attached hydrogen (secondary N) is 1. The maximum atomic E-state index is 12.8. The number of likely N-dealkylation sites (N-methyl/N-ethyl adjacent to an activating group) is 1. The standard InChI is InChI=1S/C36H42N4O4/c1-7-29(26-14-9-8-10-15-26)34(31-24-27-16-11-12-17-30(27)38-31)28-19-20-32(37-25-28)43-23-22-40(35(42)44-36(2,3)4)21-13-18-33(41)39(5)6/h8-20,24-25,38H,7,21-23H2,1-6H3/b18-13+,34-29+. The number of nitrogens with zero attached hydrogens (tertiary/aromatic N) is 3. The summed E-state index contributed by atoms with van der Waals surface area (Å²) < 4.78 is 11.5. The van der Waals surface area contributed by atoms with Crippen molar-refractivity contribution >= 4 is 34.0 Å². The molecule has 8 heteroatoms. The summed E-state index contributed by atoms with van der Waals surface area (Å²) in [5.41, 5.74) is 5.88. The highest BCUT2D eigenvalue weighted by molar-refractivity contribution is 6.00. The number of pyridine rings is 1. The Balaban J connectivity index is 1.54. The molecule has 1 N–H and O–H groups in total. The molecule has 0 radical (unpaired) electrons. The number of benzene rings is 2. The summed E-state index contributed by atoms with van der Waals surface area (Å²) in [4.78, 5) is 36.0. The Labute approximate surface area is 260 Å². The molecule has 0 aliphatic carbocycles. The number of aromatic nitrogens is 2. The molecule has 8 nitrogen and oxygen atoms in total. The molecule has 0 aliphatic heterocycles. The van der Waals surface area contributed by atoms with Gasteiger partial charge in [0, 0.05) is 66.7 Å². The number of rotatable bonds is 11. The zero-order valence-corrected chi connectivity index (χ0v) is 26.5. The lowest BCUT2D eigenvalue weighted by atomic mass is 9.91. The van der Waals surface area contributed by atoms with Crippen molar-refractivity contribution in [2.24, 2.45) is 0 Å². The number of hydrogen-bond donors (Lipinski definition) is 1. The maximum Gasteiger partial charge on any atom is 0.410 e. The van der Waals surface area contributed by atoms with Crippen molar-refractivity contribution in [3.05, 3.63) is 108 Å². The monoisotopic (exact) mass is 594 g/mol. The fourth-order valence-electron chi connectivity index (χ4n) is 4.75. The fraction of sp³-hybridized carbons (Fsp3) is 0.306. The van der Waals surface area contributed by atoms with Crippen molar-refractivity contribution in [2.75, 3.05) is 33.8 Å². The number of allylic oxidation sites excluding steroid dienone is 1. The van der Waals surface area contributed by atoms with Gasteiger partial charge in [0.15, 0.2) is 0 Å². The number of hydrogen-bond acceptors (Lipinski definition) is 5. The highest BCUT2D eigenvalue weighted by Crippen LogP contribution is 2.35. The lowest BCUT2D eigenvalue weighted by molar-refractivity contribution is -0.123. The van der Waals surface area contributed by atoms with Crippen LogP contribution in [0.15, 0.2) is 91.1 Å². The summed E-state index contributed by atoms with van der Waals surface area (Å²) in [7, 11) is 3.35. The molecule has 4 rings (SSSR count). The second-order valence-corrected chi connectivity index (χ2v) is 11.6. The van der Waals surface area contributed by atoms with E-state index in [1.165, 1.54) is 21.4 Å². The molecule has 2 aromatic heterocycles. The van der Waals surface area contributed by atoms with E-state index in [1.54, 1.807) is 20.2 Å². The van der Waals surface area contributed by atoms with Crippen molar-refractivity contribution in [3.8, 4) is 5.88 Å². The predicted octanol–water partition coefficient (Wildman–Crippen LogP) is 7.19. The zero-order chi connectivity index (χ0) is 31.7. The molecule has 0 atom stereocenters. The number of carbonyl (C=O) groups is 2. The third-order valence-corrected chi connectivity index (χ3v) is 6.89. The Morgan fingerprint density at radius 2 is 1.68 bits per heavy atom. The molecule has 0 saturated heterocycles. The first kappa shape index (κ1) is 32.1. The smallest absolute Gasteiger partial charge is 0.410 e. The van der Waals surface area contributed by atoms with Gasteiger partial charge >= 0.3 is 6.09 Å². The lowest BCUT2D eigenvalue weighted by Gasteiger charge is -2.26. The summed E-state index contributed by atoms with van der Waals surface area (Å²) in [6.07, 6.45) is 5.27. The number of amides is 2. The first-order valence-corrected chi connectivity index (χ1v) is 14.9. The van der Waals surface area contributed by atoms with E-state index in [1.807, 2.05) is 57.3 Å². The molecule has 0 fully saturated rings. The van der Waals surface area contributed by atoms with Gasteiger partial charge in [0.2, 0.25) is 11.8 Å². The summed E-state index contributed by atoms with van der Waals surface area (Å²) in [6.45, 7) is 8.29. The van der Waals surface area contributed by atoms with Crippen molar-refractivity contribution < 1.29 is 19.1 Å². The van der Waals surface area contributed by atoms with Crippen LogP contribution in [0.2, 0.25) is 0 Å². The molecule has 2 amide bonds. The van der Waals surface area contributed by atoms with Gasteiger partial charge in [-0.3, -0.25) is 4.79 Å². The maximum absolute atomic E-state index is 12.8. The first-order valence-electron chi connectivity index (χ1n) is 14.9. The van der Waals surface area contributed by atoms with Crippen LogP contribution in [-0.2, 0) is 9.53 Å². The van der Waals surface area contributed by atoms with E-state index in [4.69, 9.17) is 9.47 Å². The molecule has 44 heavy (non-hydrogen) atoms. The zero-order valence-electron chi connectivity index (χ0n) is 26.5. The number of aromatic amines is 1. The number of para-hydroxylation sites is 1. The van der Waals surface area contributed by atoms with Gasteiger partial charge in [0.05, 0.1) is 6.54 Å². The minimum Gasteiger partial charge on any atom is -0.476 e. The van der Waals surface area contributed by atoms with E-state index < -0.39 is 11.7 Å². The first-order chi connectivity index (χ1) is 21.1. The van der Waals surface area contributed by atoms with Crippen LogP contribution in [0.4, 0.5) is 4.79 Å². The molecule has 2 aromatic carbocycles. The van der Waals surface area contributed by atoms with Crippen molar-refractivity contribution in [2.45, 2.75) is 39.7 Å². The van der Waals surface area contributed by atoms with Crippen LogP contribution in [0.3, 0.4) is 0 Å². The van der Waals surface area contributed by atoms with E-state index in [-0.39, 0.29) is 25.6 Å². The highest BCUT2D eigenvalue weighted by atomic mass is 16.6. The average molecular weight is 595 g/mol. The molecule has 0 unspecified atom stereocenters. The Morgan fingerprint density at radius 1 is 0.955 bits per heavy atom. The summed E-state index contributed by atoms with van der Waals surface area (Å²) >= 11 is 0. The molecule has 0 aliphatic rings. The molecule has 4 aromatic rings. The topological polar surface area (TPSA) is 87.8 Å². The van der Waals surface area contributed by atoms with Crippen LogP contribution < -0.4 is 4.74 Å². The van der Waals surface area contributed by atoms with Gasteiger partial charge in [0.25, 0.3) is 0 Å². The van der Waals surface area contributed by atoms with Gasteiger partial charge in [-0.15, -0.1) is 0 Å². The SMILES string of the molecule is CC/C(=C(/c1ccc(OCCN(C/C=C/C(=O)N(C)C)C(=O)OC(C)(C)C)nc1)c1cc2ccccc2[nH]1)c1ccccc1. The summed E-state index contributed by atoms with van der Waals surface area (Å²) in [5, 5.41) is 1.15. The second-order valence-electron chi connectivity index (χ2n) is 11.6. The van der Waals surface area contributed by atoms with Crippen LogP contribution in [0.1, 0.15) is 50.9 Å². The number of H-pyrrole nitrogens is 1. The van der Waals surface area contributed by atoms with Crippen LogP contribution in [0, 0.1) is 0 Å². The van der Waals surface area contributed by atoms with Gasteiger partial charge in [0.1, 0.15) is 12.2 Å². The van der Waals surface area contributed by atoms with Gasteiger partial charge in [-0.05, 0) is 56.5 Å². The van der Waals surface area contributed by atoms with Crippen LogP contribution in [0.5, 0.6) is 5.88 Å². The third-order valence-electron chi connectivity index (χ3n) is 6.89. The fourth-order valence-corrected chi connectivity index (χ4v) is 4.75. The molecular formula is C36H42N4O4. The van der Waals surface area contributed by atoms with Crippen LogP contribution in [0.25, 0.3) is 22.0 Å². The van der Waals surface area contributed by atoms with Crippen LogP contribution in [-0.4, -0.2) is 71.2 Å². The quantitative estimate of drug-likeness (QED) is 0.186. The van der Waals surface area contributed by atoms with Gasteiger partial charge in [-0.25, -0.2) is 9.78 Å². The number of ether oxygens (including phenoxy) is 2. The van der Waals surface area contributed by atoms with Crippen molar-refractivity contribution in [3.63, 3.8) is 0 Å². The van der Waals surface area contributed by atoms with Crippen molar-refractivity contribution in [1.82, 2.24) is 19.8 Å². The molecule has 0 spiro atoms. The minimum absolute atomic E-state index is 0.158. The highest BCUT2D eigenvalue weighted by Gasteiger charge is 2.22. The van der Waals surface area contributed by atoms with E-state index in [2.05, 4.69) is 59.4 Å². The lowest BCUT2D eigenvalue weighted by Crippen LogP contribution is -2.39. The van der Waals surface area contributed by atoms with E-state index >= 15 is 0 Å². The third kappa shape index (κ3) is 8.60. The van der Waals surface area contributed by atoms with E-state index in [9.17, 15) is 9.59 Å². The molecule has 0 bridgehead atoms. The Kier molecular flexibility index (Phi) is 10.6. The Morgan fingerprint density at radius 3 is 2.32 bits per heavy atom. The second kappa shape index (κ2) is 14.6. The molecule has 2 heterocycles. The Bertz CT molecular complexity index is 1580. The summed E-state index contributed by atoms with van der Waals surface area (Å²) in [6, 6.07) is 24.7. The molecule has 230 valence electrons. The van der Waals surface area contributed by atoms with Gasteiger partial charge in [-0.1, -0.05) is 61.5 Å². The number of carbonyl (C=O) groups excluding carboxylic acids is 2. The molecular weight excluding hydrogens is 552 g/mol. The van der Waals surface area contributed by atoms with Gasteiger partial charge < -0.3 is 24.3 Å². The minimum atomic E-state index is -0.649. The van der Waals surface area contributed by atoms with E-state index in [0.717, 1.165) is 39.7 Å². The van der Waals surface area contributed by atoms with Gasteiger partial charge in [-0.2, -0.15) is 0 Å². The molecule has 0 saturated carbocycles. The largest absolute Gasteiger partial charge is 0.476 e. The van der Waals surface area contributed by atoms with Crippen LogP contribution >= 0.6 is 0 Å².